The Hall–Kier alpha value is -3.72. The lowest BCUT2D eigenvalue weighted by atomic mass is 9.90. The molecule has 0 saturated carbocycles. The van der Waals surface area contributed by atoms with Gasteiger partial charge in [0.2, 0.25) is 0 Å². The predicted molar refractivity (Wildman–Crippen MR) is 194 cm³/mol. The van der Waals surface area contributed by atoms with Crippen LogP contribution < -0.4 is 4.90 Å². The third-order valence-electron chi connectivity index (χ3n) is 11.1. The summed E-state index contributed by atoms with van der Waals surface area (Å²) in [7, 11) is 0. The van der Waals surface area contributed by atoms with Crippen molar-refractivity contribution in [3.8, 4) is 0 Å². The molecule has 0 N–H and O–H groups in total. The number of piperazine rings is 2. The van der Waals surface area contributed by atoms with E-state index in [4.69, 9.17) is 0 Å². The van der Waals surface area contributed by atoms with Crippen LogP contribution in [0.4, 0.5) is 5.69 Å². The van der Waals surface area contributed by atoms with E-state index in [1.54, 1.807) is 0 Å². The van der Waals surface area contributed by atoms with Crippen molar-refractivity contribution in [2.24, 2.45) is 0 Å². The van der Waals surface area contributed by atoms with Crippen molar-refractivity contribution >= 4 is 23.1 Å². The van der Waals surface area contributed by atoms with Gasteiger partial charge in [0.25, 0.3) is 11.8 Å². The number of carbonyl (C=O) groups is 2. The van der Waals surface area contributed by atoms with Crippen LogP contribution >= 0.6 is 0 Å². The zero-order chi connectivity index (χ0) is 33.2. The molecule has 8 heteroatoms. The Bertz CT molecular complexity index is 1660. The summed E-state index contributed by atoms with van der Waals surface area (Å²) >= 11 is 0. The minimum Gasteiger partial charge on any atom is -0.335 e. The average Bonchev–Trinajstić information content (AvgIpc) is 3.43. The van der Waals surface area contributed by atoms with Gasteiger partial charge in [-0.2, -0.15) is 0 Å². The van der Waals surface area contributed by atoms with Crippen LogP contribution in [0.5, 0.6) is 0 Å². The van der Waals surface area contributed by atoms with Crippen LogP contribution in [0, 0.1) is 6.92 Å². The molecule has 0 radical (unpaired) electrons. The number of benzene rings is 2. The van der Waals surface area contributed by atoms with Crippen molar-refractivity contribution in [3.63, 3.8) is 0 Å². The summed E-state index contributed by atoms with van der Waals surface area (Å²) in [5, 5.41) is 0. The van der Waals surface area contributed by atoms with Crippen LogP contribution in [-0.2, 0) is 13.1 Å². The molecule has 0 atom stereocenters. The highest BCUT2D eigenvalue weighted by atomic mass is 16.2. The maximum absolute atomic E-state index is 14.2. The van der Waals surface area contributed by atoms with E-state index in [-0.39, 0.29) is 11.8 Å². The van der Waals surface area contributed by atoms with Gasteiger partial charge in [0, 0.05) is 88.4 Å². The van der Waals surface area contributed by atoms with E-state index in [9.17, 15) is 9.59 Å². The highest BCUT2D eigenvalue weighted by molar-refractivity contribution is 6.07. The first-order chi connectivity index (χ1) is 23.4. The topological polar surface area (TPSA) is 55.3 Å². The molecule has 7 rings (SSSR count). The van der Waals surface area contributed by atoms with Crippen molar-refractivity contribution in [3.05, 3.63) is 94.3 Å². The van der Waals surface area contributed by atoms with Crippen LogP contribution in [0.25, 0.3) is 5.57 Å². The fourth-order valence-electron chi connectivity index (χ4n) is 8.05. The van der Waals surface area contributed by atoms with E-state index in [1.807, 2.05) is 46.2 Å². The van der Waals surface area contributed by atoms with Gasteiger partial charge in [0.05, 0.1) is 13.1 Å². The second-order valence-electron chi connectivity index (χ2n) is 14.4. The third-order valence-corrected chi connectivity index (χ3v) is 11.1. The summed E-state index contributed by atoms with van der Waals surface area (Å²) in [6.07, 6.45) is 7.10. The molecule has 2 fully saturated rings. The number of allylic oxidation sites excluding steroid dienone is 2. The molecule has 2 saturated heterocycles. The van der Waals surface area contributed by atoms with E-state index in [1.165, 1.54) is 24.0 Å². The number of anilines is 1. The molecule has 3 aliphatic heterocycles. The second-order valence-corrected chi connectivity index (χ2v) is 14.4. The molecule has 2 aromatic carbocycles. The number of aromatic nitrogens is 1. The van der Waals surface area contributed by atoms with Gasteiger partial charge in [-0.3, -0.25) is 24.3 Å². The van der Waals surface area contributed by atoms with E-state index < -0.39 is 0 Å². The third kappa shape index (κ3) is 6.89. The van der Waals surface area contributed by atoms with Gasteiger partial charge in [-0.1, -0.05) is 30.3 Å². The molecule has 8 nitrogen and oxygen atoms in total. The summed E-state index contributed by atoms with van der Waals surface area (Å²) < 4.78 is 2.14. The SMILES string of the molecule is Cc1cc(C(=O)N2Cc3ccc(C(=O)N4CCN(CCN5CCN(C(C)C)CC5)CC4)n3Cc3ccccc32)ccc1C1=CCCCC1. The van der Waals surface area contributed by atoms with Crippen LogP contribution in [0.15, 0.2) is 60.7 Å². The normalized spacial score (nSPS) is 19.5. The van der Waals surface area contributed by atoms with Crippen LogP contribution in [0.3, 0.4) is 0 Å². The Morgan fingerprint density at radius 1 is 0.771 bits per heavy atom. The smallest absolute Gasteiger partial charge is 0.270 e. The summed E-state index contributed by atoms with van der Waals surface area (Å²) in [6.45, 7) is 17.8. The Labute approximate surface area is 286 Å². The fourth-order valence-corrected chi connectivity index (χ4v) is 8.05. The van der Waals surface area contributed by atoms with Crippen molar-refractivity contribution in [2.75, 3.05) is 70.3 Å². The van der Waals surface area contributed by atoms with Gasteiger partial charge < -0.3 is 14.4 Å². The first kappa shape index (κ1) is 32.8. The molecule has 0 unspecified atom stereocenters. The molecule has 4 aliphatic rings. The van der Waals surface area contributed by atoms with E-state index >= 15 is 0 Å². The molecule has 2 amide bonds. The molecule has 1 aliphatic carbocycles. The standard InChI is InChI=1S/C40H52N6O2/c1-30(2)43-23-19-41(20-24-43)17-18-42-21-25-44(26-22-42)40(48)38-16-14-35-29-46(37-12-8-7-11-34(37)28-45(35)38)39(47)33-13-15-36(31(3)27-33)32-9-5-4-6-10-32/h7-9,11-16,27,30H,4-6,10,17-26,28-29H2,1-3H3. The Kier molecular flexibility index (Phi) is 9.85. The van der Waals surface area contributed by atoms with Crippen molar-refractivity contribution in [1.29, 1.82) is 0 Å². The monoisotopic (exact) mass is 648 g/mol. The number of para-hydroxylation sites is 1. The average molecular weight is 649 g/mol. The largest absolute Gasteiger partial charge is 0.335 e. The Balaban J connectivity index is 1.02. The summed E-state index contributed by atoms with van der Waals surface area (Å²) in [5.74, 6) is 0.0846. The maximum Gasteiger partial charge on any atom is 0.270 e. The van der Waals surface area contributed by atoms with E-state index in [0.29, 0.717) is 30.4 Å². The summed E-state index contributed by atoms with van der Waals surface area (Å²) in [6, 6.07) is 19.0. The van der Waals surface area contributed by atoms with Crippen LogP contribution in [0.2, 0.25) is 0 Å². The minimum atomic E-state index is -0.00447. The van der Waals surface area contributed by atoms with Crippen LogP contribution in [-0.4, -0.2) is 107 Å². The fraction of sp³-hybridized carbons (Fsp3) is 0.500. The number of rotatable bonds is 7. The number of hydrogen-bond acceptors (Lipinski definition) is 5. The molecule has 1 aromatic heterocycles. The first-order valence-electron chi connectivity index (χ1n) is 18.2. The predicted octanol–water partition coefficient (Wildman–Crippen LogP) is 5.75. The molecular formula is C40H52N6O2. The molecular weight excluding hydrogens is 596 g/mol. The zero-order valence-electron chi connectivity index (χ0n) is 29.2. The molecule has 48 heavy (non-hydrogen) atoms. The molecule has 4 heterocycles. The minimum absolute atomic E-state index is 0.00447. The second kappa shape index (κ2) is 14.4. The highest BCUT2D eigenvalue weighted by Gasteiger charge is 2.30. The summed E-state index contributed by atoms with van der Waals surface area (Å²) in [5.41, 5.74) is 8.19. The van der Waals surface area contributed by atoms with Gasteiger partial charge in [-0.05, 0) is 99.0 Å². The van der Waals surface area contributed by atoms with Gasteiger partial charge in [-0.15, -0.1) is 0 Å². The quantitative estimate of drug-likeness (QED) is 0.327. The molecule has 0 spiro atoms. The highest BCUT2D eigenvalue weighted by Crippen LogP contribution is 2.33. The molecule has 254 valence electrons. The van der Waals surface area contributed by atoms with Gasteiger partial charge in [0.1, 0.15) is 5.69 Å². The van der Waals surface area contributed by atoms with Crippen molar-refractivity contribution in [2.45, 2.75) is 65.6 Å². The molecule has 3 aromatic rings. The lowest BCUT2D eigenvalue weighted by molar-refractivity contribution is 0.0583. The van der Waals surface area contributed by atoms with Crippen molar-refractivity contribution < 1.29 is 9.59 Å². The number of amides is 2. The number of aryl methyl sites for hydroxylation is 1. The van der Waals surface area contributed by atoms with Gasteiger partial charge >= 0.3 is 0 Å². The lowest BCUT2D eigenvalue weighted by Crippen LogP contribution is -2.53. The zero-order valence-corrected chi connectivity index (χ0v) is 29.2. The lowest BCUT2D eigenvalue weighted by Gasteiger charge is -2.39. The first-order valence-corrected chi connectivity index (χ1v) is 18.2. The molecule has 0 bridgehead atoms. The van der Waals surface area contributed by atoms with Gasteiger partial charge in [0.15, 0.2) is 0 Å². The van der Waals surface area contributed by atoms with Gasteiger partial charge in [-0.25, -0.2) is 0 Å². The van der Waals surface area contributed by atoms with Crippen molar-refractivity contribution in [1.82, 2.24) is 24.2 Å². The van der Waals surface area contributed by atoms with E-state index in [0.717, 1.165) is 101 Å². The Morgan fingerprint density at radius 3 is 2.19 bits per heavy atom. The summed E-state index contributed by atoms with van der Waals surface area (Å²) in [4.78, 5) is 39.8. The maximum atomic E-state index is 14.2. The van der Waals surface area contributed by atoms with Crippen LogP contribution in [0.1, 0.15) is 82.8 Å². The number of fused-ring (bicyclic) bond motifs is 2. The van der Waals surface area contributed by atoms with E-state index in [2.05, 4.69) is 64.3 Å². The number of carbonyl (C=O) groups excluding carboxylic acids is 2. The Morgan fingerprint density at radius 2 is 1.50 bits per heavy atom. The number of nitrogens with zero attached hydrogens (tertiary/aromatic N) is 6. The number of hydrogen-bond donors (Lipinski definition) is 0.